The van der Waals surface area contributed by atoms with Gasteiger partial charge in [-0.3, -0.25) is 9.59 Å². The zero-order valence-electron chi connectivity index (χ0n) is 7.55. The van der Waals surface area contributed by atoms with Crippen molar-refractivity contribution >= 4 is 11.9 Å². The molecule has 0 saturated heterocycles. The lowest BCUT2D eigenvalue weighted by atomic mass is 9.89. The molecule has 3 heteroatoms. The van der Waals surface area contributed by atoms with E-state index in [0.29, 0.717) is 0 Å². The van der Waals surface area contributed by atoms with E-state index in [1.807, 2.05) is 6.92 Å². The largest absolute Gasteiger partial charge is 0.393 e. The van der Waals surface area contributed by atoms with E-state index in [9.17, 15) is 9.59 Å². The number of carbonyl (C=O) groups is 2. The van der Waals surface area contributed by atoms with Gasteiger partial charge in [-0.15, -0.1) is 0 Å². The predicted molar refractivity (Wildman–Crippen MR) is 43.3 cm³/mol. The van der Waals surface area contributed by atoms with Gasteiger partial charge in [0.05, 0.1) is 5.41 Å². The van der Waals surface area contributed by atoms with Gasteiger partial charge in [-0.05, 0) is 19.8 Å². The smallest absolute Gasteiger partial charge is 0.319 e. The zero-order chi connectivity index (χ0) is 9.19. The van der Waals surface area contributed by atoms with Crippen molar-refractivity contribution in [2.24, 2.45) is 5.41 Å². The van der Waals surface area contributed by atoms with Crippen molar-refractivity contribution in [2.75, 3.05) is 0 Å². The molecule has 0 spiro atoms. The van der Waals surface area contributed by atoms with Crippen molar-refractivity contribution < 1.29 is 14.3 Å². The summed E-state index contributed by atoms with van der Waals surface area (Å²) >= 11 is 0. The van der Waals surface area contributed by atoms with Crippen molar-refractivity contribution in [1.82, 2.24) is 0 Å². The fourth-order valence-electron chi connectivity index (χ4n) is 1.61. The van der Waals surface area contributed by atoms with Crippen LogP contribution >= 0.6 is 0 Å². The molecule has 0 N–H and O–H groups in total. The molecule has 1 fully saturated rings. The Morgan fingerprint density at radius 3 is 2.17 bits per heavy atom. The summed E-state index contributed by atoms with van der Waals surface area (Å²) < 4.78 is 4.56. The fraction of sp³-hybridized carbons (Fsp3) is 0.778. The molecule has 0 unspecified atom stereocenters. The molecule has 0 aliphatic heterocycles. The van der Waals surface area contributed by atoms with Crippen LogP contribution in [0.25, 0.3) is 0 Å². The van der Waals surface area contributed by atoms with Gasteiger partial charge in [0.25, 0.3) is 0 Å². The molecule has 0 amide bonds. The molecule has 0 aromatic heterocycles. The standard InChI is InChI=1S/C9H14O3/c1-7(10)12-8(11)9(2)5-3-4-6-9/h3-6H2,1-2H3. The molecule has 0 radical (unpaired) electrons. The quantitative estimate of drug-likeness (QED) is 0.444. The average molecular weight is 170 g/mol. The maximum absolute atomic E-state index is 11.3. The first kappa shape index (κ1) is 9.23. The lowest BCUT2D eigenvalue weighted by Crippen LogP contribution is -2.28. The Hall–Kier alpha value is -0.860. The second-order valence-corrected chi connectivity index (χ2v) is 3.65. The molecular weight excluding hydrogens is 156 g/mol. The van der Waals surface area contributed by atoms with Crippen LogP contribution in [0.5, 0.6) is 0 Å². The highest BCUT2D eigenvalue weighted by atomic mass is 16.6. The summed E-state index contributed by atoms with van der Waals surface area (Å²) in [5.41, 5.74) is -0.397. The molecule has 1 aliphatic carbocycles. The molecule has 1 rings (SSSR count). The van der Waals surface area contributed by atoms with Crippen molar-refractivity contribution in [3.8, 4) is 0 Å². The zero-order valence-corrected chi connectivity index (χ0v) is 7.55. The number of carbonyl (C=O) groups excluding carboxylic acids is 2. The fourth-order valence-corrected chi connectivity index (χ4v) is 1.61. The third kappa shape index (κ3) is 1.84. The Morgan fingerprint density at radius 1 is 1.25 bits per heavy atom. The van der Waals surface area contributed by atoms with Crippen molar-refractivity contribution in [3.05, 3.63) is 0 Å². The summed E-state index contributed by atoms with van der Waals surface area (Å²) in [4.78, 5) is 21.8. The highest BCUT2D eigenvalue weighted by Gasteiger charge is 2.38. The summed E-state index contributed by atoms with van der Waals surface area (Å²) in [7, 11) is 0. The molecule has 12 heavy (non-hydrogen) atoms. The molecule has 0 bridgehead atoms. The van der Waals surface area contributed by atoms with Crippen LogP contribution in [-0.2, 0) is 14.3 Å². The van der Waals surface area contributed by atoms with E-state index in [1.54, 1.807) is 0 Å². The lowest BCUT2D eigenvalue weighted by molar-refractivity contribution is -0.165. The van der Waals surface area contributed by atoms with Crippen LogP contribution in [-0.4, -0.2) is 11.9 Å². The van der Waals surface area contributed by atoms with E-state index in [2.05, 4.69) is 4.74 Å². The minimum atomic E-state index is -0.506. The molecule has 68 valence electrons. The maximum atomic E-state index is 11.3. The van der Waals surface area contributed by atoms with Gasteiger partial charge in [0.2, 0.25) is 0 Å². The van der Waals surface area contributed by atoms with Gasteiger partial charge < -0.3 is 4.74 Å². The van der Waals surface area contributed by atoms with Crippen LogP contribution in [0, 0.1) is 5.41 Å². The van der Waals surface area contributed by atoms with Gasteiger partial charge >= 0.3 is 11.9 Å². The van der Waals surface area contributed by atoms with Gasteiger partial charge in [-0.2, -0.15) is 0 Å². The van der Waals surface area contributed by atoms with Gasteiger partial charge in [0, 0.05) is 6.92 Å². The third-order valence-electron chi connectivity index (χ3n) is 2.44. The van der Waals surface area contributed by atoms with E-state index >= 15 is 0 Å². The SMILES string of the molecule is CC(=O)OC(=O)C1(C)CCCC1. The Bertz CT molecular complexity index is 202. The summed E-state index contributed by atoms with van der Waals surface area (Å²) in [6.07, 6.45) is 3.81. The van der Waals surface area contributed by atoms with Crippen LogP contribution in [0.1, 0.15) is 39.5 Å². The summed E-state index contributed by atoms with van der Waals surface area (Å²) in [5, 5.41) is 0. The van der Waals surface area contributed by atoms with Crippen molar-refractivity contribution in [2.45, 2.75) is 39.5 Å². The van der Waals surface area contributed by atoms with Crippen LogP contribution < -0.4 is 0 Å². The highest BCUT2D eigenvalue weighted by molar-refractivity contribution is 5.87. The Labute approximate surface area is 72.1 Å². The van der Waals surface area contributed by atoms with Crippen LogP contribution in [0.15, 0.2) is 0 Å². The third-order valence-corrected chi connectivity index (χ3v) is 2.44. The Balaban J connectivity index is 2.56. The molecule has 0 aromatic rings. The molecule has 0 atom stereocenters. The van der Waals surface area contributed by atoms with E-state index in [-0.39, 0.29) is 5.97 Å². The predicted octanol–water partition coefficient (Wildman–Crippen LogP) is 1.66. The van der Waals surface area contributed by atoms with Crippen LogP contribution in [0.4, 0.5) is 0 Å². The number of hydrogen-bond donors (Lipinski definition) is 0. The second-order valence-electron chi connectivity index (χ2n) is 3.65. The number of ether oxygens (including phenoxy) is 1. The minimum absolute atomic E-state index is 0.354. The number of rotatable bonds is 1. The van der Waals surface area contributed by atoms with Crippen LogP contribution in [0.2, 0.25) is 0 Å². The Kier molecular flexibility index (Phi) is 2.50. The highest BCUT2D eigenvalue weighted by Crippen LogP contribution is 2.38. The topological polar surface area (TPSA) is 43.4 Å². The molecule has 0 aromatic carbocycles. The van der Waals surface area contributed by atoms with Crippen LogP contribution in [0.3, 0.4) is 0 Å². The molecule has 1 saturated carbocycles. The minimum Gasteiger partial charge on any atom is -0.393 e. The first-order valence-electron chi connectivity index (χ1n) is 4.27. The lowest BCUT2D eigenvalue weighted by Gasteiger charge is -2.19. The van der Waals surface area contributed by atoms with Crippen molar-refractivity contribution in [3.63, 3.8) is 0 Å². The monoisotopic (exact) mass is 170 g/mol. The normalized spacial score (nSPS) is 20.5. The molecular formula is C9H14O3. The summed E-state index contributed by atoms with van der Waals surface area (Å²) in [6.45, 7) is 3.13. The average Bonchev–Trinajstić information content (AvgIpc) is 2.36. The summed E-state index contributed by atoms with van der Waals surface area (Å²) in [6, 6.07) is 0. The van der Waals surface area contributed by atoms with Gasteiger partial charge in [0.1, 0.15) is 0 Å². The maximum Gasteiger partial charge on any atom is 0.319 e. The van der Waals surface area contributed by atoms with E-state index in [4.69, 9.17) is 0 Å². The van der Waals surface area contributed by atoms with Crippen molar-refractivity contribution in [1.29, 1.82) is 0 Å². The van der Waals surface area contributed by atoms with Gasteiger partial charge in [-0.1, -0.05) is 12.8 Å². The van der Waals surface area contributed by atoms with Gasteiger partial charge in [0.15, 0.2) is 0 Å². The van der Waals surface area contributed by atoms with E-state index in [1.165, 1.54) is 6.92 Å². The second kappa shape index (κ2) is 3.25. The molecule has 0 heterocycles. The Morgan fingerprint density at radius 2 is 1.75 bits per heavy atom. The molecule has 3 nitrogen and oxygen atoms in total. The van der Waals surface area contributed by atoms with Gasteiger partial charge in [-0.25, -0.2) is 0 Å². The summed E-state index contributed by atoms with van der Waals surface area (Å²) in [5.74, 6) is -0.861. The number of hydrogen-bond acceptors (Lipinski definition) is 3. The van der Waals surface area contributed by atoms with E-state index < -0.39 is 11.4 Å². The van der Waals surface area contributed by atoms with E-state index in [0.717, 1.165) is 25.7 Å². The number of esters is 2. The first-order valence-corrected chi connectivity index (χ1v) is 4.27. The molecule has 1 aliphatic rings. The first-order chi connectivity index (χ1) is 5.54.